The lowest BCUT2D eigenvalue weighted by atomic mass is 9.98. The van der Waals surface area contributed by atoms with Crippen LogP contribution in [0.5, 0.6) is 0 Å². The molecule has 4 rings (SSSR count). The van der Waals surface area contributed by atoms with Crippen LogP contribution < -0.4 is 0 Å². The summed E-state index contributed by atoms with van der Waals surface area (Å²) >= 11 is 6.11. The quantitative estimate of drug-likeness (QED) is 0.728. The van der Waals surface area contributed by atoms with E-state index in [1.54, 1.807) is 0 Å². The molecule has 1 atom stereocenters. The lowest BCUT2D eigenvalue weighted by Crippen LogP contribution is -2.31. The van der Waals surface area contributed by atoms with Crippen molar-refractivity contribution in [2.24, 2.45) is 0 Å². The van der Waals surface area contributed by atoms with Crippen LogP contribution in [0.4, 0.5) is 0 Å². The number of rotatable bonds is 2. The van der Waals surface area contributed by atoms with Gasteiger partial charge in [0.25, 0.3) is 0 Å². The number of carbonyl (C=O) groups excluding carboxylic acids is 1. The highest BCUT2D eigenvalue weighted by atomic mass is 35.5. The summed E-state index contributed by atoms with van der Waals surface area (Å²) in [5.41, 5.74) is 3.19. The van der Waals surface area contributed by atoms with Crippen LogP contribution in [0.2, 0.25) is 5.02 Å². The number of nitrogens with zero attached hydrogens (tertiary/aromatic N) is 1. The third kappa shape index (κ3) is 2.49. The first kappa shape index (κ1) is 14.6. The van der Waals surface area contributed by atoms with Gasteiger partial charge in [0.15, 0.2) is 0 Å². The number of hydrogen-bond donors (Lipinski definition) is 1. The summed E-state index contributed by atoms with van der Waals surface area (Å²) < 4.78 is 0. The van der Waals surface area contributed by atoms with Crippen molar-refractivity contribution < 1.29 is 4.79 Å². The second-order valence-electron chi connectivity index (χ2n) is 6.37. The van der Waals surface area contributed by atoms with Crippen LogP contribution >= 0.6 is 11.6 Å². The van der Waals surface area contributed by atoms with E-state index >= 15 is 0 Å². The molecule has 1 aromatic heterocycles. The number of fused-ring (bicyclic) bond motifs is 3. The zero-order chi connectivity index (χ0) is 16.0. The summed E-state index contributed by atoms with van der Waals surface area (Å²) in [6.45, 7) is 3.80. The van der Waals surface area contributed by atoms with Crippen LogP contribution in [0.15, 0.2) is 36.4 Å². The van der Waals surface area contributed by atoms with Crippen molar-refractivity contribution in [1.82, 2.24) is 9.88 Å². The molecule has 1 fully saturated rings. The zero-order valence-electron chi connectivity index (χ0n) is 13.1. The number of amides is 1. The molecule has 0 bridgehead atoms. The Kier molecular flexibility index (Phi) is 3.53. The molecule has 0 spiro atoms. The molecule has 1 saturated heterocycles. The minimum Gasteiger partial charge on any atom is -0.355 e. The maximum atomic E-state index is 12.6. The Morgan fingerprint density at radius 1 is 1.09 bits per heavy atom. The third-order valence-corrected chi connectivity index (χ3v) is 5.11. The Hall–Kier alpha value is -2.00. The zero-order valence-corrected chi connectivity index (χ0v) is 13.9. The van der Waals surface area contributed by atoms with Crippen LogP contribution in [-0.2, 0) is 4.79 Å². The topological polar surface area (TPSA) is 36.1 Å². The first-order valence-electron chi connectivity index (χ1n) is 8.13. The molecule has 2 heterocycles. The Morgan fingerprint density at radius 2 is 1.87 bits per heavy atom. The maximum Gasteiger partial charge on any atom is 0.229 e. The highest BCUT2D eigenvalue weighted by molar-refractivity contribution is 6.31. The minimum atomic E-state index is -0.104. The molecule has 23 heavy (non-hydrogen) atoms. The Balaban J connectivity index is 1.73. The number of halogens is 1. The van der Waals surface area contributed by atoms with Gasteiger partial charge < -0.3 is 9.88 Å². The molecule has 1 aliphatic rings. The average molecular weight is 327 g/mol. The molecule has 0 aliphatic carbocycles. The number of benzene rings is 2. The molecule has 1 aliphatic heterocycles. The number of aromatic nitrogens is 1. The van der Waals surface area contributed by atoms with Gasteiger partial charge in [-0.25, -0.2) is 0 Å². The van der Waals surface area contributed by atoms with Gasteiger partial charge >= 0.3 is 0 Å². The van der Waals surface area contributed by atoms with Crippen LogP contribution in [0.25, 0.3) is 21.8 Å². The van der Waals surface area contributed by atoms with Crippen LogP contribution in [-0.4, -0.2) is 28.9 Å². The van der Waals surface area contributed by atoms with E-state index in [0.29, 0.717) is 0 Å². The second kappa shape index (κ2) is 5.57. The van der Waals surface area contributed by atoms with E-state index in [9.17, 15) is 4.79 Å². The van der Waals surface area contributed by atoms with Crippen molar-refractivity contribution >= 4 is 39.3 Å². The number of H-pyrrole nitrogens is 1. The van der Waals surface area contributed by atoms with Crippen LogP contribution in [0.1, 0.15) is 31.2 Å². The number of carbonyl (C=O) groups is 1. The molecule has 3 aromatic rings. The fourth-order valence-corrected chi connectivity index (χ4v) is 3.69. The lowest BCUT2D eigenvalue weighted by molar-refractivity contribution is -0.131. The second-order valence-corrected chi connectivity index (χ2v) is 6.81. The third-order valence-electron chi connectivity index (χ3n) is 4.87. The standard InChI is InChI=1S/C19H19ClN2O/c1-12(19(23)22-8-2-3-9-22)13-4-6-15-16-11-14(20)5-7-17(16)21-18(15)10-13/h4-7,10-12,21H,2-3,8-9H2,1H3/t12-/m1/s1. The first-order valence-corrected chi connectivity index (χ1v) is 8.51. The number of likely N-dealkylation sites (tertiary alicyclic amines) is 1. The van der Waals surface area contributed by atoms with Crippen molar-refractivity contribution in [1.29, 1.82) is 0 Å². The van der Waals surface area contributed by atoms with Crippen molar-refractivity contribution in [3.8, 4) is 0 Å². The molecule has 4 heteroatoms. The van der Waals surface area contributed by atoms with E-state index < -0.39 is 0 Å². The Morgan fingerprint density at radius 3 is 2.65 bits per heavy atom. The van der Waals surface area contributed by atoms with Crippen molar-refractivity contribution in [3.63, 3.8) is 0 Å². The van der Waals surface area contributed by atoms with Gasteiger partial charge in [-0.2, -0.15) is 0 Å². The average Bonchev–Trinajstić information content (AvgIpc) is 3.20. The van der Waals surface area contributed by atoms with E-state index in [4.69, 9.17) is 11.6 Å². The smallest absolute Gasteiger partial charge is 0.229 e. The molecule has 0 unspecified atom stereocenters. The molecular formula is C19H19ClN2O. The van der Waals surface area contributed by atoms with Gasteiger partial charge in [0.05, 0.1) is 5.92 Å². The molecule has 0 radical (unpaired) electrons. The van der Waals surface area contributed by atoms with Gasteiger partial charge in [0.2, 0.25) is 5.91 Å². The largest absolute Gasteiger partial charge is 0.355 e. The molecule has 2 aromatic carbocycles. The summed E-state index contributed by atoms with van der Waals surface area (Å²) in [5.74, 6) is 0.133. The lowest BCUT2D eigenvalue weighted by Gasteiger charge is -2.20. The SMILES string of the molecule is C[C@@H](C(=O)N1CCCC1)c1ccc2c(c1)[nH]c1ccc(Cl)cc12. The molecule has 0 saturated carbocycles. The maximum absolute atomic E-state index is 12.6. The van der Waals surface area contributed by atoms with E-state index in [1.165, 1.54) is 0 Å². The van der Waals surface area contributed by atoms with E-state index in [0.717, 1.165) is 58.3 Å². The van der Waals surface area contributed by atoms with Crippen LogP contribution in [0.3, 0.4) is 0 Å². The Labute approximate surface area is 140 Å². The minimum absolute atomic E-state index is 0.104. The van der Waals surface area contributed by atoms with Gasteiger partial charge in [-0.05, 0) is 49.6 Å². The monoisotopic (exact) mass is 326 g/mol. The summed E-state index contributed by atoms with van der Waals surface area (Å²) in [4.78, 5) is 18.0. The number of aromatic amines is 1. The van der Waals surface area contributed by atoms with Gasteiger partial charge in [0.1, 0.15) is 0 Å². The van der Waals surface area contributed by atoms with E-state index in [2.05, 4.69) is 23.2 Å². The first-order chi connectivity index (χ1) is 11.1. The van der Waals surface area contributed by atoms with E-state index in [-0.39, 0.29) is 11.8 Å². The number of hydrogen-bond acceptors (Lipinski definition) is 1. The summed E-state index contributed by atoms with van der Waals surface area (Å²) in [7, 11) is 0. The predicted octanol–water partition coefficient (Wildman–Crippen LogP) is 4.70. The number of nitrogens with one attached hydrogen (secondary N) is 1. The molecule has 1 N–H and O–H groups in total. The summed E-state index contributed by atoms with van der Waals surface area (Å²) in [6.07, 6.45) is 2.25. The fraction of sp³-hybridized carbons (Fsp3) is 0.316. The van der Waals surface area contributed by atoms with Gasteiger partial charge in [-0.15, -0.1) is 0 Å². The normalized spacial score (nSPS) is 16.3. The van der Waals surface area contributed by atoms with Gasteiger partial charge in [-0.3, -0.25) is 4.79 Å². The molecule has 118 valence electrons. The fourth-order valence-electron chi connectivity index (χ4n) is 3.52. The highest BCUT2D eigenvalue weighted by Gasteiger charge is 2.24. The summed E-state index contributed by atoms with van der Waals surface area (Å²) in [6, 6.07) is 12.1. The van der Waals surface area contributed by atoms with Crippen molar-refractivity contribution in [3.05, 3.63) is 47.0 Å². The highest BCUT2D eigenvalue weighted by Crippen LogP contribution is 2.30. The molecule has 1 amide bonds. The molecule has 3 nitrogen and oxygen atoms in total. The Bertz CT molecular complexity index is 893. The summed E-state index contributed by atoms with van der Waals surface area (Å²) in [5, 5.41) is 3.00. The van der Waals surface area contributed by atoms with E-state index in [1.807, 2.05) is 30.0 Å². The van der Waals surface area contributed by atoms with Gasteiger partial charge in [0, 0.05) is 39.9 Å². The van der Waals surface area contributed by atoms with Crippen molar-refractivity contribution in [2.45, 2.75) is 25.7 Å². The van der Waals surface area contributed by atoms with Gasteiger partial charge in [-0.1, -0.05) is 23.7 Å². The predicted molar refractivity (Wildman–Crippen MR) is 95.0 cm³/mol. The van der Waals surface area contributed by atoms with Crippen molar-refractivity contribution in [2.75, 3.05) is 13.1 Å². The van der Waals surface area contributed by atoms with Crippen LogP contribution in [0, 0.1) is 0 Å². The molecular weight excluding hydrogens is 308 g/mol.